The minimum atomic E-state index is 0.280. The molecule has 4 heterocycles. The van der Waals surface area contributed by atoms with Crippen molar-refractivity contribution in [3.05, 3.63) is 47.3 Å². The summed E-state index contributed by atoms with van der Waals surface area (Å²) in [5.41, 5.74) is 17.6. The average Bonchev–Trinajstić information content (AvgIpc) is 2.92. The van der Waals surface area contributed by atoms with E-state index in [2.05, 4.69) is 43.9 Å². The molecule has 4 N–H and O–H groups in total. The van der Waals surface area contributed by atoms with Crippen molar-refractivity contribution in [3.8, 4) is 16.9 Å². The van der Waals surface area contributed by atoms with E-state index in [1.165, 1.54) is 11.3 Å². The molecular weight excluding hydrogens is 398 g/mol. The molecule has 0 unspecified atom stereocenters. The largest absolute Gasteiger partial charge is 0.491 e. The minimum absolute atomic E-state index is 0.280. The standard InChI is InChI=1S/C21H21N7OS/c1-11-5-13(14-8-16-19(24-9-14)30-21(23)26-16)7-15-10-28(3-4-29-18(11)15)17-6-12(2)25-20(22)27-17/h5-9H,3-4,10H2,1-2H3,(H2,23,26)(H2,22,25,27). The van der Waals surface area contributed by atoms with Crippen LogP contribution in [0, 0.1) is 13.8 Å². The normalized spacial score (nSPS) is 13.7. The van der Waals surface area contributed by atoms with Crippen LogP contribution in [0.4, 0.5) is 16.9 Å². The van der Waals surface area contributed by atoms with Crippen molar-refractivity contribution in [1.82, 2.24) is 19.9 Å². The lowest BCUT2D eigenvalue weighted by Crippen LogP contribution is -2.26. The molecule has 0 fully saturated rings. The van der Waals surface area contributed by atoms with Gasteiger partial charge in [0.2, 0.25) is 5.95 Å². The van der Waals surface area contributed by atoms with Crippen LogP contribution in [0.15, 0.2) is 30.5 Å². The topological polar surface area (TPSA) is 116 Å². The first-order valence-electron chi connectivity index (χ1n) is 9.61. The molecule has 0 spiro atoms. The van der Waals surface area contributed by atoms with Gasteiger partial charge in [-0.25, -0.2) is 15.0 Å². The monoisotopic (exact) mass is 419 g/mol. The maximum atomic E-state index is 6.10. The Hall–Kier alpha value is -3.46. The van der Waals surface area contributed by atoms with Crippen molar-refractivity contribution in [2.75, 3.05) is 29.5 Å². The third kappa shape index (κ3) is 3.37. The summed E-state index contributed by atoms with van der Waals surface area (Å²) in [5, 5.41) is 0.524. The number of nitrogens with zero attached hydrogens (tertiary/aromatic N) is 5. The van der Waals surface area contributed by atoms with Gasteiger partial charge >= 0.3 is 0 Å². The Kier molecular flexibility index (Phi) is 4.39. The second-order valence-electron chi connectivity index (χ2n) is 7.38. The lowest BCUT2D eigenvalue weighted by atomic mass is 10.00. The Morgan fingerprint density at radius 2 is 1.90 bits per heavy atom. The van der Waals surface area contributed by atoms with E-state index >= 15 is 0 Å². The molecule has 30 heavy (non-hydrogen) atoms. The zero-order chi connectivity index (χ0) is 20.8. The Bertz CT molecular complexity index is 1250. The SMILES string of the molecule is Cc1cc(N2CCOc3c(C)cc(-c4cnc5sc(N)nc5c4)cc3C2)nc(N)n1. The number of pyridine rings is 1. The number of hydrogen-bond donors (Lipinski definition) is 2. The fourth-order valence-electron chi connectivity index (χ4n) is 3.81. The smallest absolute Gasteiger partial charge is 0.222 e. The Morgan fingerprint density at radius 3 is 2.73 bits per heavy atom. The quantitative estimate of drug-likeness (QED) is 0.508. The number of rotatable bonds is 2. The fourth-order valence-corrected chi connectivity index (χ4v) is 4.47. The van der Waals surface area contributed by atoms with Crippen LogP contribution in [0.5, 0.6) is 5.75 Å². The summed E-state index contributed by atoms with van der Waals surface area (Å²) in [7, 11) is 0. The van der Waals surface area contributed by atoms with Crippen molar-refractivity contribution >= 4 is 38.6 Å². The molecule has 3 aromatic heterocycles. The molecule has 1 aliphatic heterocycles. The number of aryl methyl sites for hydroxylation is 2. The number of thiazole rings is 1. The van der Waals surface area contributed by atoms with E-state index in [4.69, 9.17) is 16.2 Å². The number of nitrogens with two attached hydrogens (primary N) is 2. The number of nitrogen functional groups attached to an aromatic ring is 2. The minimum Gasteiger partial charge on any atom is -0.491 e. The molecule has 0 saturated heterocycles. The Morgan fingerprint density at radius 1 is 1.03 bits per heavy atom. The van der Waals surface area contributed by atoms with E-state index in [0.717, 1.165) is 49.9 Å². The summed E-state index contributed by atoms with van der Waals surface area (Å²) in [6.07, 6.45) is 1.87. The van der Waals surface area contributed by atoms with Gasteiger partial charge in [-0.2, -0.15) is 4.98 Å². The predicted octanol–water partition coefficient (Wildman–Crippen LogP) is 3.33. The molecule has 0 atom stereocenters. The second-order valence-corrected chi connectivity index (χ2v) is 8.39. The summed E-state index contributed by atoms with van der Waals surface area (Å²) in [5.74, 6) is 2.01. The number of fused-ring (bicyclic) bond motifs is 2. The van der Waals surface area contributed by atoms with E-state index < -0.39 is 0 Å². The molecule has 0 saturated carbocycles. The van der Waals surface area contributed by atoms with Crippen molar-refractivity contribution in [1.29, 1.82) is 0 Å². The summed E-state index contributed by atoms with van der Waals surface area (Å²) in [6, 6.07) is 8.25. The van der Waals surface area contributed by atoms with Crippen LogP contribution in [0.1, 0.15) is 16.8 Å². The maximum absolute atomic E-state index is 6.10. The van der Waals surface area contributed by atoms with E-state index in [9.17, 15) is 0 Å². The molecule has 0 amide bonds. The zero-order valence-corrected chi connectivity index (χ0v) is 17.5. The van der Waals surface area contributed by atoms with Crippen molar-refractivity contribution in [2.24, 2.45) is 0 Å². The predicted molar refractivity (Wildman–Crippen MR) is 120 cm³/mol. The van der Waals surface area contributed by atoms with Crippen LogP contribution < -0.4 is 21.1 Å². The first kappa shape index (κ1) is 18.6. The van der Waals surface area contributed by atoms with E-state index in [1.54, 1.807) is 0 Å². The van der Waals surface area contributed by atoms with E-state index in [1.807, 2.05) is 25.3 Å². The summed E-state index contributed by atoms with van der Waals surface area (Å²) < 4.78 is 6.10. The highest BCUT2D eigenvalue weighted by molar-refractivity contribution is 7.21. The van der Waals surface area contributed by atoms with Gasteiger partial charge in [-0.15, -0.1) is 0 Å². The lowest BCUT2D eigenvalue weighted by Gasteiger charge is -2.21. The molecule has 0 radical (unpaired) electrons. The van der Waals surface area contributed by atoms with Crippen LogP contribution in [-0.4, -0.2) is 33.1 Å². The third-order valence-electron chi connectivity index (χ3n) is 5.10. The summed E-state index contributed by atoms with van der Waals surface area (Å²) in [4.78, 5) is 20.5. The van der Waals surface area contributed by atoms with Gasteiger partial charge in [-0.3, -0.25) is 0 Å². The molecular formula is C21H21N7OS. The van der Waals surface area contributed by atoms with Crippen LogP contribution in [-0.2, 0) is 6.54 Å². The van der Waals surface area contributed by atoms with Gasteiger partial charge in [0.25, 0.3) is 0 Å². The molecule has 0 aliphatic carbocycles. The zero-order valence-electron chi connectivity index (χ0n) is 16.7. The number of aromatic nitrogens is 4. The first-order chi connectivity index (χ1) is 14.5. The van der Waals surface area contributed by atoms with Gasteiger partial charge in [-0.05, 0) is 43.2 Å². The van der Waals surface area contributed by atoms with Crippen LogP contribution in [0.2, 0.25) is 0 Å². The highest BCUT2D eigenvalue weighted by Gasteiger charge is 2.20. The van der Waals surface area contributed by atoms with Crippen molar-refractivity contribution < 1.29 is 4.74 Å². The van der Waals surface area contributed by atoms with Gasteiger partial charge < -0.3 is 21.1 Å². The molecule has 1 aliphatic rings. The first-order valence-corrected chi connectivity index (χ1v) is 10.4. The molecule has 8 nitrogen and oxygen atoms in total. The third-order valence-corrected chi connectivity index (χ3v) is 5.91. The number of anilines is 3. The summed E-state index contributed by atoms with van der Waals surface area (Å²) >= 11 is 1.39. The highest BCUT2D eigenvalue weighted by Crippen LogP contribution is 2.35. The van der Waals surface area contributed by atoms with Gasteiger partial charge in [0.05, 0.1) is 6.54 Å². The van der Waals surface area contributed by atoms with Crippen LogP contribution in [0.3, 0.4) is 0 Å². The van der Waals surface area contributed by atoms with Crippen molar-refractivity contribution in [3.63, 3.8) is 0 Å². The fraction of sp³-hybridized carbons (Fsp3) is 0.238. The van der Waals surface area contributed by atoms with E-state index in [0.29, 0.717) is 24.8 Å². The molecule has 152 valence electrons. The van der Waals surface area contributed by atoms with Gasteiger partial charge in [0.1, 0.15) is 28.5 Å². The molecule has 4 aromatic rings. The number of benzene rings is 1. The van der Waals surface area contributed by atoms with Crippen LogP contribution in [0.25, 0.3) is 21.5 Å². The molecule has 5 rings (SSSR count). The molecule has 9 heteroatoms. The van der Waals surface area contributed by atoms with Gasteiger partial charge in [-0.1, -0.05) is 11.3 Å². The Balaban J connectivity index is 1.55. The maximum Gasteiger partial charge on any atom is 0.222 e. The lowest BCUT2D eigenvalue weighted by molar-refractivity contribution is 0.329. The highest BCUT2D eigenvalue weighted by atomic mass is 32.1. The summed E-state index contributed by atoms with van der Waals surface area (Å²) in [6.45, 7) is 5.93. The average molecular weight is 420 g/mol. The number of ether oxygens (including phenoxy) is 1. The Labute approximate surface area is 177 Å². The second kappa shape index (κ2) is 7.10. The van der Waals surface area contributed by atoms with E-state index in [-0.39, 0.29) is 5.95 Å². The molecule has 0 bridgehead atoms. The van der Waals surface area contributed by atoms with Gasteiger partial charge in [0, 0.05) is 35.6 Å². The van der Waals surface area contributed by atoms with Gasteiger partial charge in [0.15, 0.2) is 5.13 Å². The van der Waals surface area contributed by atoms with Crippen molar-refractivity contribution in [2.45, 2.75) is 20.4 Å². The van der Waals surface area contributed by atoms with Crippen LogP contribution >= 0.6 is 11.3 Å². The molecule has 1 aromatic carbocycles. The number of hydrogen-bond acceptors (Lipinski definition) is 9.